The van der Waals surface area contributed by atoms with Crippen LogP contribution in [0.5, 0.6) is 11.5 Å². The maximum absolute atomic E-state index is 8.81. The van der Waals surface area contributed by atoms with E-state index in [1.165, 1.54) is 11.3 Å². The van der Waals surface area contributed by atoms with Gasteiger partial charge in [-0.1, -0.05) is 6.07 Å². The molecule has 4 nitrogen and oxygen atoms in total. The number of rotatable bonds is 4. The molecule has 102 valence electrons. The van der Waals surface area contributed by atoms with E-state index in [1.807, 2.05) is 30.3 Å². The summed E-state index contributed by atoms with van der Waals surface area (Å²) in [5.41, 5.74) is 1.16. The lowest BCUT2D eigenvalue weighted by atomic mass is 10.1. The van der Waals surface area contributed by atoms with Crippen LogP contribution in [0.1, 0.15) is 28.3 Å². The van der Waals surface area contributed by atoms with Crippen LogP contribution in [0, 0.1) is 11.3 Å². The van der Waals surface area contributed by atoms with Crippen LogP contribution in [0.4, 0.5) is 0 Å². The summed E-state index contributed by atoms with van der Waals surface area (Å²) in [6.45, 7) is 3.16. The van der Waals surface area contributed by atoms with Crippen molar-refractivity contribution in [2.24, 2.45) is 0 Å². The fourth-order valence-electron chi connectivity index (χ4n) is 2.09. The van der Waals surface area contributed by atoms with Crippen LogP contribution >= 0.6 is 11.3 Å². The molecule has 1 N–H and O–H groups in total. The average Bonchev–Trinajstić information content (AvgIpc) is 3.12. The molecule has 5 heteroatoms. The van der Waals surface area contributed by atoms with Gasteiger partial charge in [-0.2, -0.15) is 5.26 Å². The Kier molecular flexibility index (Phi) is 3.59. The van der Waals surface area contributed by atoms with Gasteiger partial charge >= 0.3 is 0 Å². The van der Waals surface area contributed by atoms with E-state index in [-0.39, 0.29) is 6.04 Å². The molecular weight excluding hydrogens is 272 g/mol. The van der Waals surface area contributed by atoms with E-state index in [9.17, 15) is 0 Å². The molecule has 1 aromatic heterocycles. The Morgan fingerprint density at radius 2 is 2.15 bits per heavy atom. The molecule has 0 radical (unpaired) electrons. The number of nitriles is 1. The number of fused-ring (bicyclic) bond motifs is 1. The van der Waals surface area contributed by atoms with Crippen LogP contribution < -0.4 is 14.8 Å². The van der Waals surface area contributed by atoms with Crippen molar-refractivity contribution in [1.29, 1.82) is 5.26 Å². The first-order valence-electron chi connectivity index (χ1n) is 6.38. The van der Waals surface area contributed by atoms with E-state index in [2.05, 4.69) is 18.3 Å². The van der Waals surface area contributed by atoms with Crippen molar-refractivity contribution in [3.8, 4) is 17.6 Å². The number of nitrogens with one attached hydrogen (secondary N) is 1. The molecule has 1 atom stereocenters. The molecule has 3 rings (SSSR count). The number of benzene rings is 1. The Balaban J connectivity index is 1.64. The van der Waals surface area contributed by atoms with E-state index in [1.54, 1.807) is 0 Å². The highest BCUT2D eigenvalue weighted by molar-refractivity contribution is 7.12. The lowest BCUT2D eigenvalue weighted by molar-refractivity contribution is 0.174. The number of hydrogen-bond donors (Lipinski definition) is 1. The average molecular weight is 286 g/mol. The van der Waals surface area contributed by atoms with Gasteiger partial charge in [-0.15, -0.1) is 11.3 Å². The van der Waals surface area contributed by atoms with Crippen molar-refractivity contribution in [1.82, 2.24) is 5.32 Å². The van der Waals surface area contributed by atoms with E-state index in [0.717, 1.165) is 33.4 Å². The molecule has 0 fully saturated rings. The van der Waals surface area contributed by atoms with E-state index < -0.39 is 0 Å². The summed E-state index contributed by atoms with van der Waals surface area (Å²) in [6, 6.07) is 12.2. The predicted molar refractivity (Wildman–Crippen MR) is 76.9 cm³/mol. The highest BCUT2D eigenvalue weighted by atomic mass is 32.1. The van der Waals surface area contributed by atoms with Crippen LogP contribution in [0.25, 0.3) is 0 Å². The van der Waals surface area contributed by atoms with Crippen LogP contribution in [0.15, 0.2) is 30.3 Å². The second-order valence-electron chi connectivity index (χ2n) is 4.59. The SMILES string of the molecule is CC(NCc1ccc(C#N)s1)c1ccc2c(c1)OCO2. The van der Waals surface area contributed by atoms with Crippen LogP contribution in [0.3, 0.4) is 0 Å². The molecule has 1 aromatic carbocycles. The summed E-state index contributed by atoms with van der Waals surface area (Å²) < 4.78 is 10.7. The number of nitrogens with zero attached hydrogens (tertiary/aromatic N) is 1. The summed E-state index contributed by atoms with van der Waals surface area (Å²) in [4.78, 5) is 1.91. The summed E-state index contributed by atoms with van der Waals surface area (Å²) in [6.07, 6.45) is 0. The summed E-state index contributed by atoms with van der Waals surface area (Å²) in [5.74, 6) is 1.61. The highest BCUT2D eigenvalue weighted by Gasteiger charge is 2.15. The van der Waals surface area contributed by atoms with Gasteiger partial charge in [0.2, 0.25) is 6.79 Å². The first-order chi connectivity index (χ1) is 9.76. The maximum atomic E-state index is 8.81. The zero-order valence-corrected chi connectivity index (χ0v) is 11.9. The fraction of sp³-hybridized carbons (Fsp3) is 0.267. The van der Waals surface area contributed by atoms with Crippen molar-refractivity contribution < 1.29 is 9.47 Å². The topological polar surface area (TPSA) is 54.3 Å². The van der Waals surface area contributed by atoms with Crippen molar-refractivity contribution in [3.63, 3.8) is 0 Å². The smallest absolute Gasteiger partial charge is 0.231 e. The van der Waals surface area contributed by atoms with Gasteiger partial charge in [-0.05, 0) is 36.8 Å². The van der Waals surface area contributed by atoms with Gasteiger partial charge in [0.15, 0.2) is 11.5 Å². The Morgan fingerprint density at radius 3 is 2.95 bits per heavy atom. The molecule has 0 bridgehead atoms. The van der Waals surface area contributed by atoms with Gasteiger partial charge < -0.3 is 14.8 Å². The van der Waals surface area contributed by atoms with E-state index in [0.29, 0.717) is 6.79 Å². The van der Waals surface area contributed by atoms with Gasteiger partial charge in [0.25, 0.3) is 0 Å². The second-order valence-corrected chi connectivity index (χ2v) is 5.76. The minimum Gasteiger partial charge on any atom is -0.454 e. The third-order valence-corrected chi connectivity index (χ3v) is 4.24. The lowest BCUT2D eigenvalue weighted by Gasteiger charge is -2.14. The first-order valence-corrected chi connectivity index (χ1v) is 7.19. The van der Waals surface area contributed by atoms with E-state index >= 15 is 0 Å². The maximum Gasteiger partial charge on any atom is 0.231 e. The molecule has 0 amide bonds. The molecule has 1 unspecified atom stereocenters. The molecule has 2 aromatic rings. The molecule has 0 aliphatic carbocycles. The summed E-state index contributed by atoms with van der Waals surface area (Å²) in [5, 5.41) is 12.3. The van der Waals surface area contributed by atoms with Crippen LogP contribution in [-0.2, 0) is 6.54 Å². The monoisotopic (exact) mass is 286 g/mol. The van der Waals surface area contributed by atoms with Crippen molar-refractivity contribution in [3.05, 3.63) is 45.6 Å². The van der Waals surface area contributed by atoms with Gasteiger partial charge in [0.05, 0.1) is 0 Å². The van der Waals surface area contributed by atoms with Gasteiger partial charge in [0.1, 0.15) is 10.9 Å². The Hall–Kier alpha value is -2.03. The van der Waals surface area contributed by atoms with Gasteiger partial charge in [0, 0.05) is 17.5 Å². The normalized spacial score (nSPS) is 14.0. The lowest BCUT2D eigenvalue weighted by Crippen LogP contribution is -2.17. The Labute approximate surface area is 121 Å². The largest absolute Gasteiger partial charge is 0.454 e. The van der Waals surface area contributed by atoms with Crippen molar-refractivity contribution in [2.45, 2.75) is 19.5 Å². The molecule has 0 spiro atoms. The van der Waals surface area contributed by atoms with E-state index in [4.69, 9.17) is 14.7 Å². The molecule has 1 aliphatic rings. The van der Waals surface area contributed by atoms with Crippen LogP contribution in [0.2, 0.25) is 0 Å². The molecule has 20 heavy (non-hydrogen) atoms. The standard InChI is InChI=1S/C15H14N2O2S/c1-10(17-8-13-4-3-12(7-16)20-13)11-2-5-14-15(6-11)19-9-18-14/h2-6,10,17H,8-9H2,1H3. The molecule has 1 aliphatic heterocycles. The second kappa shape index (κ2) is 5.53. The Bertz CT molecular complexity index is 660. The molecule has 2 heterocycles. The minimum absolute atomic E-state index is 0.206. The zero-order chi connectivity index (χ0) is 13.9. The zero-order valence-electron chi connectivity index (χ0n) is 11.1. The quantitative estimate of drug-likeness (QED) is 0.937. The summed E-state index contributed by atoms with van der Waals surface area (Å²) in [7, 11) is 0. The first kappa shape index (κ1) is 13.0. The highest BCUT2D eigenvalue weighted by Crippen LogP contribution is 2.34. The van der Waals surface area contributed by atoms with Crippen LogP contribution in [-0.4, -0.2) is 6.79 Å². The molecular formula is C15H14N2O2S. The number of thiophene rings is 1. The third kappa shape index (κ3) is 2.62. The van der Waals surface area contributed by atoms with Crippen molar-refractivity contribution in [2.75, 3.05) is 6.79 Å². The number of hydrogen-bond acceptors (Lipinski definition) is 5. The predicted octanol–water partition coefficient (Wildman–Crippen LogP) is 3.20. The third-order valence-electron chi connectivity index (χ3n) is 3.25. The molecule has 0 saturated heterocycles. The van der Waals surface area contributed by atoms with Crippen molar-refractivity contribution >= 4 is 11.3 Å². The molecule has 0 saturated carbocycles. The summed E-state index contributed by atoms with van der Waals surface area (Å²) >= 11 is 1.52. The minimum atomic E-state index is 0.206. The van der Waals surface area contributed by atoms with Gasteiger partial charge in [-0.3, -0.25) is 0 Å². The number of ether oxygens (including phenoxy) is 2. The Morgan fingerprint density at radius 1 is 1.30 bits per heavy atom. The fourth-order valence-corrected chi connectivity index (χ4v) is 2.84. The van der Waals surface area contributed by atoms with Gasteiger partial charge in [-0.25, -0.2) is 0 Å².